The Bertz CT molecular complexity index is 1120. The standard InChI is InChI=1S/C35H46O2Si/c1-34(2,3)33-27-29(26-30(37-33)23-22-28-16-10-7-11-17-28)24-25-36-38(35(4,5)6,31-18-12-8-13-19-31)32-20-14-9-15-21-32/h7-21,24,30,33H,22-23,25-27H2,1-6H3/b29-24-/t30-,33-/m1/s1. The quantitative estimate of drug-likeness (QED) is 0.221. The van der Waals surface area contributed by atoms with Crippen LogP contribution in [0.15, 0.2) is 103 Å². The molecular formula is C35H46O2Si. The molecule has 1 heterocycles. The first-order valence-electron chi connectivity index (χ1n) is 14.2. The van der Waals surface area contributed by atoms with Gasteiger partial charge >= 0.3 is 0 Å². The minimum Gasteiger partial charge on any atom is -0.404 e. The summed E-state index contributed by atoms with van der Waals surface area (Å²) in [7, 11) is -2.54. The lowest BCUT2D eigenvalue weighted by Crippen LogP contribution is -2.66. The highest BCUT2D eigenvalue weighted by Gasteiger charge is 2.50. The van der Waals surface area contributed by atoms with Crippen LogP contribution < -0.4 is 10.4 Å². The number of aryl methyl sites for hydroxylation is 1. The second-order valence-electron chi connectivity index (χ2n) is 12.9. The second-order valence-corrected chi connectivity index (χ2v) is 17.2. The van der Waals surface area contributed by atoms with E-state index in [1.165, 1.54) is 21.5 Å². The first kappa shape index (κ1) is 28.5. The third-order valence-electron chi connectivity index (χ3n) is 7.95. The van der Waals surface area contributed by atoms with Crippen LogP contribution in [-0.2, 0) is 15.6 Å². The van der Waals surface area contributed by atoms with Crippen LogP contribution in [0.2, 0.25) is 5.04 Å². The first-order valence-corrected chi connectivity index (χ1v) is 16.1. The van der Waals surface area contributed by atoms with Crippen molar-refractivity contribution >= 4 is 18.7 Å². The van der Waals surface area contributed by atoms with E-state index in [1.54, 1.807) is 0 Å². The lowest BCUT2D eigenvalue weighted by molar-refractivity contribution is -0.0848. The summed E-state index contributed by atoms with van der Waals surface area (Å²) in [6.07, 6.45) is 6.91. The largest absolute Gasteiger partial charge is 0.404 e. The van der Waals surface area contributed by atoms with Crippen LogP contribution in [0.3, 0.4) is 0 Å². The molecule has 0 spiro atoms. The predicted octanol–water partition coefficient (Wildman–Crippen LogP) is 7.72. The molecule has 0 radical (unpaired) electrons. The molecule has 0 amide bonds. The highest BCUT2D eigenvalue weighted by Crippen LogP contribution is 2.38. The maximum absolute atomic E-state index is 7.18. The van der Waals surface area contributed by atoms with Gasteiger partial charge in [0.05, 0.1) is 18.8 Å². The Morgan fingerprint density at radius 1 is 0.763 bits per heavy atom. The molecule has 1 aliphatic heterocycles. The molecule has 3 aromatic rings. The number of ether oxygens (including phenoxy) is 1. The van der Waals surface area contributed by atoms with E-state index in [9.17, 15) is 0 Å². The Hall–Kier alpha value is -2.46. The summed E-state index contributed by atoms with van der Waals surface area (Å²) in [6, 6.07) is 32.6. The van der Waals surface area contributed by atoms with Crippen LogP contribution >= 0.6 is 0 Å². The molecule has 1 fully saturated rings. The van der Waals surface area contributed by atoms with Gasteiger partial charge in [0, 0.05) is 0 Å². The van der Waals surface area contributed by atoms with E-state index in [2.05, 4.69) is 139 Å². The van der Waals surface area contributed by atoms with Crippen LogP contribution in [-0.4, -0.2) is 27.1 Å². The lowest BCUT2D eigenvalue weighted by atomic mass is 9.81. The highest BCUT2D eigenvalue weighted by atomic mass is 28.4. The zero-order valence-electron chi connectivity index (χ0n) is 24.2. The lowest BCUT2D eigenvalue weighted by Gasteiger charge is -2.43. The Morgan fingerprint density at radius 2 is 1.29 bits per heavy atom. The maximum Gasteiger partial charge on any atom is 0.261 e. The van der Waals surface area contributed by atoms with Gasteiger partial charge in [-0.1, -0.05) is 144 Å². The average Bonchev–Trinajstić information content (AvgIpc) is 2.90. The molecule has 0 bridgehead atoms. The van der Waals surface area contributed by atoms with Crippen molar-refractivity contribution in [1.82, 2.24) is 0 Å². The monoisotopic (exact) mass is 526 g/mol. The van der Waals surface area contributed by atoms with Crippen molar-refractivity contribution in [2.45, 2.75) is 84.5 Å². The summed E-state index contributed by atoms with van der Waals surface area (Å²) in [5.74, 6) is 0. The molecular weight excluding hydrogens is 480 g/mol. The molecule has 0 unspecified atom stereocenters. The Balaban J connectivity index is 1.58. The molecule has 4 rings (SSSR count). The van der Waals surface area contributed by atoms with Gasteiger partial charge < -0.3 is 9.16 Å². The number of rotatable bonds is 8. The Labute approximate surface area is 232 Å². The van der Waals surface area contributed by atoms with Crippen molar-refractivity contribution in [3.05, 3.63) is 108 Å². The third kappa shape index (κ3) is 6.75. The summed E-state index contributed by atoms with van der Waals surface area (Å²) in [5.41, 5.74) is 2.96. The van der Waals surface area contributed by atoms with Crippen molar-refractivity contribution in [2.75, 3.05) is 6.61 Å². The predicted molar refractivity (Wildman–Crippen MR) is 164 cm³/mol. The summed E-state index contributed by atoms with van der Waals surface area (Å²) in [5, 5.41) is 2.64. The van der Waals surface area contributed by atoms with Gasteiger partial charge in [-0.05, 0) is 52.1 Å². The minimum absolute atomic E-state index is 0.0178. The topological polar surface area (TPSA) is 18.5 Å². The molecule has 1 saturated heterocycles. The summed E-state index contributed by atoms with van der Waals surface area (Å²) in [6.45, 7) is 14.6. The van der Waals surface area contributed by atoms with E-state index in [-0.39, 0.29) is 22.7 Å². The van der Waals surface area contributed by atoms with Crippen molar-refractivity contribution < 1.29 is 9.16 Å². The number of benzene rings is 3. The fraction of sp³-hybridized carbons (Fsp3) is 0.429. The molecule has 2 nitrogen and oxygen atoms in total. The smallest absolute Gasteiger partial charge is 0.261 e. The van der Waals surface area contributed by atoms with Crippen molar-refractivity contribution in [2.24, 2.45) is 5.41 Å². The van der Waals surface area contributed by atoms with Crippen LogP contribution in [0.4, 0.5) is 0 Å². The van der Waals surface area contributed by atoms with Crippen LogP contribution in [0.25, 0.3) is 0 Å². The van der Waals surface area contributed by atoms with Crippen LogP contribution in [0, 0.1) is 5.41 Å². The molecule has 1 aliphatic rings. The van der Waals surface area contributed by atoms with Crippen molar-refractivity contribution in [3.63, 3.8) is 0 Å². The van der Waals surface area contributed by atoms with Gasteiger partial charge in [0.15, 0.2) is 0 Å². The molecule has 202 valence electrons. The van der Waals surface area contributed by atoms with Gasteiger partial charge in [0.25, 0.3) is 8.32 Å². The van der Waals surface area contributed by atoms with Crippen LogP contribution in [0.1, 0.15) is 66.4 Å². The zero-order valence-corrected chi connectivity index (χ0v) is 25.2. The summed E-state index contributed by atoms with van der Waals surface area (Å²) in [4.78, 5) is 0. The summed E-state index contributed by atoms with van der Waals surface area (Å²) >= 11 is 0. The molecule has 3 heteroatoms. The molecule has 38 heavy (non-hydrogen) atoms. The number of hydrogen-bond donors (Lipinski definition) is 0. The molecule has 0 saturated carbocycles. The fourth-order valence-electron chi connectivity index (χ4n) is 5.81. The Morgan fingerprint density at radius 3 is 1.79 bits per heavy atom. The third-order valence-corrected chi connectivity index (χ3v) is 13.0. The van der Waals surface area contributed by atoms with Gasteiger partial charge in [-0.15, -0.1) is 0 Å². The average molecular weight is 527 g/mol. The highest BCUT2D eigenvalue weighted by molar-refractivity contribution is 6.99. The van der Waals surface area contributed by atoms with Crippen molar-refractivity contribution in [3.8, 4) is 0 Å². The van der Waals surface area contributed by atoms with E-state index in [4.69, 9.17) is 9.16 Å². The number of hydrogen-bond acceptors (Lipinski definition) is 2. The maximum atomic E-state index is 7.18. The normalized spacial score (nSPS) is 20.0. The van der Waals surface area contributed by atoms with Gasteiger partial charge in [-0.2, -0.15) is 0 Å². The van der Waals surface area contributed by atoms with E-state index >= 15 is 0 Å². The molecule has 0 N–H and O–H groups in total. The van der Waals surface area contributed by atoms with Gasteiger partial charge in [-0.3, -0.25) is 0 Å². The minimum atomic E-state index is -2.54. The molecule has 2 atom stereocenters. The van der Waals surface area contributed by atoms with Gasteiger partial charge in [0.2, 0.25) is 0 Å². The molecule has 0 aromatic heterocycles. The SMILES string of the molecule is CC(C)(C)[C@H]1C/C(=C\CO[Si](c2ccccc2)(c2ccccc2)C(C)(C)C)C[C@@H](CCc2ccccc2)O1. The van der Waals surface area contributed by atoms with Gasteiger partial charge in [0.1, 0.15) is 0 Å². The van der Waals surface area contributed by atoms with Crippen molar-refractivity contribution in [1.29, 1.82) is 0 Å². The van der Waals surface area contributed by atoms with E-state index in [1.807, 2.05) is 0 Å². The van der Waals surface area contributed by atoms with E-state index in [0.29, 0.717) is 6.61 Å². The second kappa shape index (κ2) is 12.2. The first-order chi connectivity index (χ1) is 18.1. The zero-order chi connectivity index (χ0) is 27.2. The summed E-state index contributed by atoms with van der Waals surface area (Å²) < 4.78 is 13.8. The van der Waals surface area contributed by atoms with Crippen LogP contribution in [0.5, 0.6) is 0 Å². The molecule has 0 aliphatic carbocycles. The van der Waals surface area contributed by atoms with E-state index < -0.39 is 8.32 Å². The fourth-order valence-corrected chi connectivity index (χ4v) is 10.3. The molecule has 3 aromatic carbocycles. The Kier molecular flexibility index (Phi) is 9.13. The van der Waals surface area contributed by atoms with E-state index in [0.717, 1.165) is 25.7 Å². The van der Waals surface area contributed by atoms with Gasteiger partial charge in [-0.25, -0.2) is 0 Å².